The Hall–Kier alpha value is -1.39. The van der Waals surface area contributed by atoms with Gasteiger partial charge in [-0.15, -0.1) is 0 Å². The van der Waals surface area contributed by atoms with Gasteiger partial charge in [-0.1, -0.05) is 18.2 Å². The Balaban J connectivity index is 2.30. The number of nitrogens with zero attached hydrogens (tertiary/aromatic N) is 1. The normalized spacial score (nSPS) is 18.1. The zero-order valence-corrected chi connectivity index (χ0v) is 11.9. The number of benzene rings is 1. The molecule has 104 valence electrons. The van der Waals surface area contributed by atoms with Crippen molar-refractivity contribution in [2.45, 2.75) is 19.9 Å². The van der Waals surface area contributed by atoms with Gasteiger partial charge >= 0.3 is 5.97 Å². The van der Waals surface area contributed by atoms with Crippen molar-refractivity contribution in [2.24, 2.45) is 0 Å². The standard InChI is InChI=1S/C15H22N2O2/c1-11-4-5-13(10-12(11)2)14(15(18)19-3)17-8-6-16-7-9-17/h4-5,10,14,16H,6-9H2,1-3H3. The van der Waals surface area contributed by atoms with E-state index in [9.17, 15) is 4.79 Å². The molecule has 0 bridgehead atoms. The van der Waals surface area contributed by atoms with Gasteiger partial charge in [0.15, 0.2) is 0 Å². The first-order valence-electron chi connectivity index (χ1n) is 6.73. The lowest BCUT2D eigenvalue weighted by Crippen LogP contribution is -2.47. The maximum absolute atomic E-state index is 12.1. The number of ether oxygens (including phenoxy) is 1. The highest BCUT2D eigenvalue weighted by Crippen LogP contribution is 2.24. The van der Waals surface area contributed by atoms with Crippen LogP contribution in [0, 0.1) is 13.8 Å². The third-order valence-electron chi connectivity index (χ3n) is 3.79. The number of aryl methyl sites for hydroxylation is 2. The average molecular weight is 262 g/mol. The van der Waals surface area contributed by atoms with Crippen LogP contribution >= 0.6 is 0 Å². The second-order valence-corrected chi connectivity index (χ2v) is 5.06. The van der Waals surface area contributed by atoms with E-state index in [-0.39, 0.29) is 12.0 Å². The van der Waals surface area contributed by atoms with Crippen LogP contribution in [-0.4, -0.2) is 44.2 Å². The first-order chi connectivity index (χ1) is 9.13. The molecule has 1 aromatic carbocycles. The number of piperazine rings is 1. The number of rotatable bonds is 3. The Labute approximate surface area is 114 Å². The third kappa shape index (κ3) is 3.14. The fourth-order valence-corrected chi connectivity index (χ4v) is 2.48. The van der Waals surface area contributed by atoms with Gasteiger partial charge < -0.3 is 10.1 Å². The third-order valence-corrected chi connectivity index (χ3v) is 3.79. The van der Waals surface area contributed by atoms with Gasteiger partial charge in [-0.25, -0.2) is 4.79 Å². The van der Waals surface area contributed by atoms with Crippen molar-refractivity contribution in [2.75, 3.05) is 33.3 Å². The molecule has 1 aliphatic heterocycles. The van der Waals surface area contributed by atoms with Gasteiger partial charge in [0.25, 0.3) is 0 Å². The van der Waals surface area contributed by atoms with Gasteiger partial charge in [-0.3, -0.25) is 4.90 Å². The van der Waals surface area contributed by atoms with Crippen LogP contribution in [0.4, 0.5) is 0 Å². The summed E-state index contributed by atoms with van der Waals surface area (Å²) in [4.78, 5) is 14.3. The molecule has 0 aliphatic carbocycles. The fraction of sp³-hybridized carbons (Fsp3) is 0.533. The van der Waals surface area contributed by atoms with E-state index < -0.39 is 0 Å². The van der Waals surface area contributed by atoms with Crippen LogP contribution in [0.3, 0.4) is 0 Å². The molecule has 1 heterocycles. The Morgan fingerprint density at radius 3 is 2.53 bits per heavy atom. The van der Waals surface area contributed by atoms with Gasteiger partial charge in [0.1, 0.15) is 6.04 Å². The van der Waals surface area contributed by atoms with Crippen LogP contribution in [0.2, 0.25) is 0 Å². The van der Waals surface area contributed by atoms with Crippen molar-refractivity contribution >= 4 is 5.97 Å². The minimum atomic E-state index is -0.286. The van der Waals surface area contributed by atoms with Crippen LogP contribution in [0.5, 0.6) is 0 Å². The SMILES string of the molecule is COC(=O)C(c1ccc(C)c(C)c1)N1CCNCC1. The number of esters is 1. The van der Waals surface area contributed by atoms with E-state index in [0.717, 1.165) is 31.7 Å². The Bertz CT molecular complexity index is 453. The summed E-state index contributed by atoms with van der Waals surface area (Å²) < 4.78 is 4.99. The zero-order valence-electron chi connectivity index (χ0n) is 11.9. The predicted octanol–water partition coefficient (Wildman–Crippen LogP) is 1.42. The van der Waals surface area contributed by atoms with Crippen LogP contribution in [0.1, 0.15) is 22.7 Å². The molecule has 1 unspecified atom stereocenters. The molecule has 1 aliphatic rings. The highest BCUT2D eigenvalue weighted by Gasteiger charge is 2.29. The lowest BCUT2D eigenvalue weighted by molar-refractivity contribution is -0.147. The van der Waals surface area contributed by atoms with E-state index in [1.165, 1.54) is 18.2 Å². The molecule has 0 amide bonds. The number of carbonyl (C=O) groups is 1. The number of hydrogen-bond donors (Lipinski definition) is 1. The van der Waals surface area contributed by atoms with Gasteiger partial charge in [0.05, 0.1) is 7.11 Å². The molecular formula is C15H22N2O2. The summed E-state index contributed by atoms with van der Waals surface area (Å²) >= 11 is 0. The summed E-state index contributed by atoms with van der Waals surface area (Å²) in [6.07, 6.45) is 0. The molecule has 1 N–H and O–H groups in total. The first kappa shape index (κ1) is 14.0. The van der Waals surface area contributed by atoms with E-state index in [2.05, 4.69) is 36.2 Å². The van der Waals surface area contributed by atoms with Gasteiger partial charge in [-0.05, 0) is 30.5 Å². The van der Waals surface area contributed by atoms with Crippen molar-refractivity contribution in [3.8, 4) is 0 Å². The molecule has 0 aromatic heterocycles. The highest BCUT2D eigenvalue weighted by atomic mass is 16.5. The Morgan fingerprint density at radius 1 is 1.26 bits per heavy atom. The summed E-state index contributed by atoms with van der Waals surface area (Å²) in [6, 6.07) is 5.92. The van der Waals surface area contributed by atoms with Gasteiger partial charge in [0, 0.05) is 26.2 Å². The van der Waals surface area contributed by atoms with Crippen molar-refractivity contribution < 1.29 is 9.53 Å². The number of nitrogens with one attached hydrogen (secondary N) is 1. The lowest BCUT2D eigenvalue weighted by atomic mass is 9.99. The predicted molar refractivity (Wildman–Crippen MR) is 75.1 cm³/mol. The molecule has 1 saturated heterocycles. The quantitative estimate of drug-likeness (QED) is 0.837. The number of methoxy groups -OCH3 is 1. The van der Waals surface area contributed by atoms with Crippen molar-refractivity contribution in [3.63, 3.8) is 0 Å². The van der Waals surface area contributed by atoms with Crippen molar-refractivity contribution in [3.05, 3.63) is 34.9 Å². The molecule has 19 heavy (non-hydrogen) atoms. The number of hydrogen-bond acceptors (Lipinski definition) is 4. The van der Waals surface area contributed by atoms with Crippen LogP contribution in [-0.2, 0) is 9.53 Å². The van der Waals surface area contributed by atoms with Crippen LogP contribution in [0.15, 0.2) is 18.2 Å². The molecule has 0 spiro atoms. The molecule has 1 aromatic rings. The summed E-state index contributed by atoms with van der Waals surface area (Å²) in [6.45, 7) is 7.72. The molecular weight excluding hydrogens is 240 g/mol. The topological polar surface area (TPSA) is 41.6 Å². The molecule has 4 heteroatoms. The first-order valence-corrected chi connectivity index (χ1v) is 6.73. The van der Waals surface area contributed by atoms with E-state index in [1.807, 2.05) is 6.07 Å². The minimum Gasteiger partial charge on any atom is -0.468 e. The molecule has 1 fully saturated rings. The van der Waals surface area contributed by atoms with E-state index in [1.54, 1.807) is 0 Å². The summed E-state index contributed by atoms with van der Waals surface area (Å²) in [5.41, 5.74) is 3.48. The van der Waals surface area contributed by atoms with Crippen LogP contribution in [0.25, 0.3) is 0 Å². The summed E-state index contributed by atoms with van der Waals surface area (Å²) in [7, 11) is 1.46. The summed E-state index contributed by atoms with van der Waals surface area (Å²) in [5, 5.41) is 3.30. The van der Waals surface area contributed by atoms with Crippen LogP contribution < -0.4 is 5.32 Å². The Morgan fingerprint density at radius 2 is 1.95 bits per heavy atom. The fourth-order valence-electron chi connectivity index (χ4n) is 2.48. The smallest absolute Gasteiger partial charge is 0.327 e. The monoisotopic (exact) mass is 262 g/mol. The van der Waals surface area contributed by atoms with Gasteiger partial charge in [0.2, 0.25) is 0 Å². The van der Waals surface area contributed by atoms with E-state index >= 15 is 0 Å². The molecule has 4 nitrogen and oxygen atoms in total. The molecule has 1 atom stereocenters. The van der Waals surface area contributed by atoms with Crippen molar-refractivity contribution in [1.82, 2.24) is 10.2 Å². The molecule has 0 saturated carbocycles. The van der Waals surface area contributed by atoms with E-state index in [0.29, 0.717) is 0 Å². The second-order valence-electron chi connectivity index (χ2n) is 5.06. The maximum atomic E-state index is 12.1. The molecule has 2 rings (SSSR count). The van der Waals surface area contributed by atoms with Crippen molar-refractivity contribution in [1.29, 1.82) is 0 Å². The van der Waals surface area contributed by atoms with Gasteiger partial charge in [-0.2, -0.15) is 0 Å². The zero-order chi connectivity index (χ0) is 13.8. The largest absolute Gasteiger partial charge is 0.468 e. The highest BCUT2D eigenvalue weighted by molar-refractivity contribution is 5.77. The molecule has 0 radical (unpaired) electrons. The van der Waals surface area contributed by atoms with E-state index in [4.69, 9.17) is 4.74 Å². The lowest BCUT2D eigenvalue weighted by Gasteiger charge is -2.33. The number of carbonyl (C=O) groups excluding carboxylic acids is 1. The average Bonchev–Trinajstić information content (AvgIpc) is 2.44. The Kier molecular flexibility index (Phi) is 4.56. The second kappa shape index (κ2) is 6.17. The minimum absolute atomic E-state index is 0.176. The maximum Gasteiger partial charge on any atom is 0.327 e. The summed E-state index contributed by atoms with van der Waals surface area (Å²) in [5.74, 6) is -0.176.